The predicted octanol–water partition coefficient (Wildman–Crippen LogP) is 7.90. The summed E-state index contributed by atoms with van der Waals surface area (Å²) in [5.41, 5.74) is 4.06. The Morgan fingerprint density at radius 2 is 1.45 bits per heavy atom. The third-order valence-corrected chi connectivity index (χ3v) is 22.6. The van der Waals surface area contributed by atoms with Crippen molar-refractivity contribution in [1.29, 1.82) is 0 Å². The molecule has 0 spiro atoms. The molecule has 3 heteroatoms. The summed E-state index contributed by atoms with van der Waals surface area (Å²) in [6, 6.07) is 8.78. The monoisotopic (exact) mass is 506 g/mol. The van der Waals surface area contributed by atoms with Crippen LogP contribution in [0.25, 0.3) is 3.59 Å². The first-order chi connectivity index (χ1) is 14.1. The van der Waals surface area contributed by atoms with Gasteiger partial charge in [0.15, 0.2) is 0 Å². The molecule has 0 radical (unpaired) electrons. The van der Waals surface area contributed by atoms with Crippen molar-refractivity contribution in [3.05, 3.63) is 41.0 Å². The van der Waals surface area contributed by atoms with E-state index in [0.29, 0.717) is 6.61 Å². The van der Waals surface area contributed by atoms with Crippen LogP contribution in [0.2, 0.25) is 13.3 Å². The summed E-state index contributed by atoms with van der Waals surface area (Å²) in [5.74, 6) is -0.194. The molecule has 0 aliphatic heterocycles. The molecule has 0 bridgehead atoms. The number of rotatable bonds is 13. The van der Waals surface area contributed by atoms with E-state index in [4.69, 9.17) is 4.74 Å². The number of hydrogen-bond donors (Lipinski definition) is 0. The fourth-order valence-corrected chi connectivity index (χ4v) is 23.5. The van der Waals surface area contributed by atoms with Gasteiger partial charge in [-0.25, -0.2) is 0 Å². The van der Waals surface area contributed by atoms with Gasteiger partial charge in [0.2, 0.25) is 0 Å². The third-order valence-electron chi connectivity index (χ3n) is 6.67. The number of unbranched alkanes of at least 4 members (excludes halogenated alkanes) is 3. The summed E-state index contributed by atoms with van der Waals surface area (Å²) >= 11 is -2.66. The summed E-state index contributed by atoms with van der Waals surface area (Å²) in [7, 11) is 0. The van der Waals surface area contributed by atoms with E-state index in [1.54, 1.807) is 3.59 Å². The van der Waals surface area contributed by atoms with Gasteiger partial charge in [-0.1, -0.05) is 0 Å². The van der Waals surface area contributed by atoms with E-state index in [-0.39, 0.29) is 11.9 Å². The molecule has 1 aliphatic rings. The van der Waals surface area contributed by atoms with Gasteiger partial charge in [0.25, 0.3) is 0 Å². The molecule has 1 unspecified atom stereocenters. The summed E-state index contributed by atoms with van der Waals surface area (Å²) in [5, 5.41) is 0. The van der Waals surface area contributed by atoms with Crippen LogP contribution in [-0.2, 0) is 9.53 Å². The van der Waals surface area contributed by atoms with Crippen molar-refractivity contribution in [2.24, 2.45) is 0 Å². The Morgan fingerprint density at radius 1 is 0.897 bits per heavy atom. The van der Waals surface area contributed by atoms with Crippen LogP contribution in [0, 0.1) is 0 Å². The molecule has 1 aliphatic carbocycles. The Kier molecular flexibility index (Phi) is 10.3. The van der Waals surface area contributed by atoms with Gasteiger partial charge >= 0.3 is 184 Å². The molecule has 0 saturated heterocycles. The molecule has 29 heavy (non-hydrogen) atoms. The molecule has 0 amide bonds. The normalized spacial score (nSPS) is 16.2. The molecule has 2 nitrogen and oxygen atoms in total. The number of carbonyl (C=O) groups is 1. The zero-order valence-corrected chi connectivity index (χ0v) is 22.3. The Labute approximate surface area is 183 Å². The second-order valence-corrected chi connectivity index (χ2v) is 21.6. The van der Waals surface area contributed by atoms with E-state index in [9.17, 15) is 4.79 Å². The molecule has 0 aromatic heterocycles. The first-order valence-corrected chi connectivity index (χ1v) is 19.6. The zero-order chi connectivity index (χ0) is 21.3. The standard InChI is InChI=1S/C14H15O2.3C4H9.Sn/c1-3-10-9-11-7-5-6-8-12(11)13(10)14(15)16-4-2;3*1-3-4-2;/h5-8,13H,3-4H2,1-2H3;3*1,3-4H2,2H3;. The zero-order valence-electron chi connectivity index (χ0n) is 19.5. The number of benzene rings is 1. The van der Waals surface area contributed by atoms with Crippen LogP contribution in [0.3, 0.4) is 0 Å². The van der Waals surface area contributed by atoms with Gasteiger partial charge in [0.1, 0.15) is 0 Å². The van der Waals surface area contributed by atoms with Gasteiger partial charge < -0.3 is 0 Å². The third kappa shape index (κ3) is 5.48. The number of carbonyl (C=O) groups excluding carboxylic acids is 1. The molecule has 1 aromatic carbocycles. The van der Waals surface area contributed by atoms with E-state index in [2.05, 4.69) is 52.0 Å². The minimum absolute atomic E-state index is 0.0338. The first kappa shape index (κ1) is 24.5. The van der Waals surface area contributed by atoms with Crippen molar-refractivity contribution in [3.63, 3.8) is 0 Å². The van der Waals surface area contributed by atoms with Crippen LogP contribution in [0.15, 0.2) is 29.8 Å². The van der Waals surface area contributed by atoms with E-state index < -0.39 is 18.4 Å². The minimum atomic E-state index is -2.66. The average Bonchev–Trinajstić information content (AvgIpc) is 3.09. The molecular weight excluding hydrogens is 463 g/mol. The molecule has 0 N–H and O–H groups in total. The molecule has 0 saturated carbocycles. The number of fused-ring (bicyclic) bond motifs is 1. The molecule has 2 rings (SSSR count). The number of ether oxygens (including phenoxy) is 1. The Hall–Kier alpha value is -0.771. The predicted molar refractivity (Wildman–Crippen MR) is 128 cm³/mol. The van der Waals surface area contributed by atoms with E-state index in [0.717, 1.165) is 6.42 Å². The van der Waals surface area contributed by atoms with E-state index in [1.165, 1.54) is 68.5 Å². The molecule has 1 aromatic rings. The summed E-state index contributed by atoms with van der Waals surface area (Å²) in [4.78, 5) is 13.1. The topological polar surface area (TPSA) is 26.3 Å². The number of hydrogen-bond acceptors (Lipinski definition) is 2. The van der Waals surface area contributed by atoms with E-state index >= 15 is 0 Å². The second-order valence-electron chi connectivity index (χ2n) is 8.62. The fraction of sp³-hybridized carbons (Fsp3) is 0.654. The van der Waals surface area contributed by atoms with Crippen LogP contribution < -0.4 is 0 Å². The van der Waals surface area contributed by atoms with Crippen molar-refractivity contribution in [1.82, 2.24) is 0 Å². The molecule has 0 heterocycles. The van der Waals surface area contributed by atoms with Crippen molar-refractivity contribution >= 4 is 27.9 Å². The van der Waals surface area contributed by atoms with Gasteiger partial charge in [0, 0.05) is 0 Å². The van der Waals surface area contributed by atoms with E-state index in [1.807, 2.05) is 6.92 Å². The van der Waals surface area contributed by atoms with Gasteiger partial charge in [-0.2, -0.15) is 0 Å². The maximum absolute atomic E-state index is 13.1. The van der Waals surface area contributed by atoms with Gasteiger partial charge in [-0.3, -0.25) is 0 Å². The summed E-state index contributed by atoms with van der Waals surface area (Å²) in [6.45, 7) is 11.6. The van der Waals surface area contributed by atoms with Crippen molar-refractivity contribution in [2.75, 3.05) is 6.61 Å². The average molecular weight is 505 g/mol. The molecule has 162 valence electrons. The van der Waals surface area contributed by atoms with Crippen LogP contribution >= 0.6 is 0 Å². The van der Waals surface area contributed by atoms with Crippen molar-refractivity contribution in [3.8, 4) is 0 Å². The summed E-state index contributed by atoms with van der Waals surface area (Å²) < 4.78 is 11.6. The summed E-state index contributed by atoms with van der Waals surface area (Å²) in [6.07, 6.45) is 8.82. The Bertz CT molecular complexity index is 670. The van der Waals surface area contributed by atoms with Gasteiger partial charge in [0.05, 0.1) is 0 Å². The molecule has 0 fully saturated rings. The first-order valence-electron chi connectivity index (χ1n) is 12.1. The SMILES string of the molecule is CCC[CH2][Sn]([CH2]CCC)([CH2]CCC)[C]1=C(CC)C(C(=O)OCC)c2ccccc21. The van der Waals surface area contributed by atoms with Crippen LogP contribution in [0.5, 0.6) is 0 Å². The second kappa shape index (κ2) is 12.2. The Morgan fingerprint density at radius 3 is 1.93 bits per heavy atom. The Balaban J connectivity index is 2.68. The van der Waals surface area contributed by atoms with Crippen LogP contribution in [-0.4, -0.2) is 31.0 Å². The molecule has 1 atom stereocenters. The van der Waals surface area contributed by atoms with Crippen molar-refractivity contribution < 1.29 is 9.53 Å². The van der Waals surface area contributed by atoms with Gasteiger partial charge in [-0.15, -0.1) is 0 Å². The quantitative estimate of drug-likeness (QED) is 0.201. The van der Waals surface area contributed by atoms with Gasteiger partial charge in [-0.05, 0) is 0 Å². The molecular formula is C26H42O2Sn. The van der Waals surface area contributed by atoms with Crippen LogP contribution in [0.4, 0.5) is 0 Å². The fourth-order valence-electron chi connectivity index (χ4n) is 5.28. The van der Waals surface area contributed by atoms with Crippen molar-refractivity contribution in [2.45, 2.75) is 98.8 Å². The number of esters is 1. The maximum atomic E-state index is 13.1. The van der Waals surface area contributed by atoms with Crippen LogP contribution in [0.1, 0.15) is 96.6 Å².